The van der Waals surface area contributed by atoms with Crippen molar-refractivity contribution in [3.8, 4) is 5.69 Å². The van der Waals surface area contributed by atoms with Crippen molar-refractivity contribution in [2.45, 2.75) is 25.9 Å². The maximum absolute atomic E-state index is 14.0. The Morgan fingerprint density at radius 1 is 1.21 bits per heavy atom. The van der Waals surface area contributed by atoms with Crippen LogP contribution in [0, 0.1) is 26.6 Å². The molecule has 0 fully saturated rings. The number of fused-ring (bicyclic) bond motifs is 1. The van der Waals surface area contributed by atoms with Crippen LogP contribution in [0.4, 0.5) is 4.39 Å². The number of carbonyl (C=O) groups is 1. The van der Waals surface area contributed by atoms with E-state index in [1.165, 1.54) is 17.8 Å². The molecule has 3 heterocycles. The van der Waals surface area contributed by atoms with E-state index in [9.17, 15) is 9.18 Å². The van der Waals surface area contributed by atoms with Crippen LogP contribution in [0.3, 0.4) is 0 Å². The molecular weight excluding hydrogens is 377 g/mol. The van der Waals surface area contributed by atoms with Gasteiger partial charge in [0.25, 0.3) is 5.78 Å². The van der Waals surface area contributed by atoms with E-state index in [2.05, 4.69) is 15.1 Å². The van der Waals surface area contributed by atoms with E-state index in [-0.39, 0.29) is 17.4 Å². The normalized spacial score (nSPS) is 11.3. The molecule has 0 aliphatic carbocycles. The summed E-state index contributed by atoms with van der Waals surface area (Å²) in [6, 6.07) is 8.70. The van der Waals surface area contributed by atoms with Crippen molar-refractivity contribution < 1.29 is 9.18 Å². The predicted octanol–water partition coefficient (Wildman–Crippen LogP) is 3.95. The largest absolute Gasteiger partial charge is 0.318 e. The zero-order valence-corrected chi connectivity index (χ0v) is 16.5. The van der Waals surface area contributed by atoms with Gasteiger partial charge >= 0.3 is 0 Å². The molecule has 0 atom stereocenters. The van der Waals surface area contributed by atoms with Crippen LogP contribution in [0.2, 0.25) is 0 Å². The van der Waals surface area contributed by atoms with Gasteiger partial charge in [-0.2, -0.15) is 4.98 Å². The highest BCUT2D eigenvalue weighted by Crippen LogP contribution is 2.24. The molecule has 142 valence electrons. The zero-order valence-electron chi connectivity index (χ0n) is 15.7. The zero-order chi connectivity index (χ0) is 19.8. The minimum atomic E-state index is -0.264. The topological polar surface area (TPSA) is 65.1 Å². The molecule has 0 amide bonds. The predicted molar refractivity (Wildman–Crippen MR) is 106 cm³/mol. The third-order valence-electron chi connectivity index (χ3n) is 4.57. The van der Waals surface area contributed by atoms with Crippen LogP contribution in [0.25, 0.3) is 11.5 Å². The van der Waals surface area contributed by atoms with Gasteiger partial charge in [-0.25, -0.2) is 13.9 Å². The lowest BCUT2D eigenvalue weighted by Gasteiger charge is -2.11. The molecule has 1 aromatic carbocycles. The van der Waals surface area contributed by atoms with Crippen molar-refractivity contribution >= 4 is 23.3 Å². The highest BCUT2D eigenvalue weighted by molar-refractivity contribution is 7.99. The second kappa shape index (κ2) is 7.20. The van der Waals surface area contributed by atoms with Gasteiger partial charge in [-0.3, -0.25) is 4.79 Å². The Bertz CT molecular complexity index is 1160. The van der Waals surface area contributed by atoms with Crippen molar-refractivity contribution in [1.29, 1.82) is 0 Å². The summed E-state index contributed by atoms with van der Waals surface area (Å²) < 4.78 is 17.5. The van der Waals surface area contributed by atoms with Crippen molar-refractivity contribution in [2.24, 2.45) is 0 Å². The van der Waals surface area contributed by atoms with E-state index in [4.69, 9.17) is 0 Å². The molecule has 0 radical (unpaired) electrons. The van der Waals surface area contributed by atoms with Gasteiger partial charge in [-0.1, -0.05) is 17.8 Å². The smallest absolute Gasteiger partial charge is 0.253 e. The maximum atomic E-state index is 14.0. The Balaban J connectivity index is 1.57. The highest BCUT2D eigenvalue weighted by atomic mass is 32.2. The Hall–Kier alpha value is -3.00. The molecule has 0 saturated heterocycles. The van der Waals surface area contributed by atoms with E-state index < -0.39 is 0 Å². The van der Waals surface area contributed by atoms with Gasteiger partial charge in [-0.15, -0.1) is 5.10 Å². The van der Waals surface area contributed by atoms with E-state index in [1.54, 1.807) is 36.0 Å². The van der Waals surface area contributed by atoms with Gasteiger partial charge in [0.2, 0.25) is 5.16 Å². The molecule has 8 heteroatoms. The molecule has 4 rings (SSSR count). The van der Waals surface area contributed by atoms with Crippen molar-refractivity contribution in [3.05, 3.63) is 71.1 Å². The molecule has 0 bridgehead atoms. The van der Waals surface area contributed by atoms with Crippen LogP contribution < -0.4 is 0 Å². The number of hydrogen-bond acceptors (Lipinski definition) is 5. The quantitative estimate of drug-likeness (QED) is 0.378. The molecule has 4 aromatic rings. The van der Waals surface area contributed by atoms with E-state index >= 15 is 0 Å². The SMILES string of the molecule is Cc1ccc(-n2c(C)cc(C(=O)CSc3nc4ncccn4n3)c2C)cc1F. The van der Waals surface area contributed by atoms with Crippen LogP contribution in [-0.4, -0.2) is 35.7 Å². The molecule has 0 spiro atoms. The molecule has 0 unspecified atom stereocenters. The fraction of sp³-hybridized carbons (Fsp3) is 0.200. The first kappa shape index (κ1) is 18.4. The second-order valence-corrected chi connectivity index (χ2v) is 7.47. The number of nitrogens with zero attached hydrogens (tertiary/aromatic N) is 5. The Labute approximate surface area is 165 Å². The Morgan fingerprint density at radius 3 is 2.79 bits per heavy atom. The summed E-state index contributed by atoms with van der Waals surface area (Å²) in [4.78, 5) is 21.2. The van der Waals surface area contributed by atoms with E-state index in [1.807, 2.05) is 30.5 Å². The maximum Gasteiger partial charge on any atom is 0.253 e. The molecular formula is C20H18FN5OS. The average Bonchev–Trinajstić information content (AvgIpc) is 3.22. The Kier molecular flexibility index (Phi) is 4.72. The second-order valence-electron chi connectivity index (χ2n) is 6.52. The summed E-state index contributed by atoms with van der Waals surface area (Å²) in [6.45, 7) is 5.50. The first-order valence-corrected chi connectivity index (χ1v) is 9.71. The lowest BCUT2D eigenvalue weighted by molar-refractivity contribution is 0.102. The van der Waals surface area contributed by atoms with E-state index in [0.29, 0.717) is 27.7 Å². The van der Waals surface area contributed by atoms with Gasteiger partial charge < -0.3 is 4.57 Å². The number of benzene rings is 1. The summed E-state index contributed by atoms with van der Waals surface area (Å²) in [6.07, 6.45) is 3.40. The minimum Gasteiger partial charge on any atom is -0.318 e. The number of ketones is 1. The number of aryl methyl sites for hydroxylation is 2. The van der Waals surface area contributed by atoms with Crippen molar-refractivity contribution in [3.63, 3.8) is 0 Å². The number of Topliss-reactive ketones (excluding diaryl/α,β-unsaturated/α-hetero) is 1. The summed E-state index contributed by atoms with van der Waals surface area (Å²) >= 11 is 1.27. The van der Waals surface area contributed by atoms with Crippen LogP contribution in [0.5, 0.6) is 0 Å². The fourth-order valence-corrected chi connectivity index (χ4v) is 3.85. The Morgan fingerprint density at radius 2 is 2.04 bits per heavy atom. The summed E-state index contributed by atoms with van der Waals surface area (Å²) in [5.41, 5.74) is 3.58. The average molecular weight is 395 g/mol. The first-order chi connectivity index (χ1) is 13.4. The fourth-order valence-electron chi connectivity index (χ4n) is 3.15. The van der Waals surface area contributed by atoms with Crippen molar-refractivity contribution in [2.75, 3.05) is 5.75 Å². The third-order valence-corrected chi connectivity index (χ3v) is 5.41. The van der Waals surface area contributed by atoms with Gasteiger partial charge in [0.05, 0.1) is 5.75 Å². The molecule has 6 nitrogen and oxygen atoms in total. The van der Waals surface area contributed by atoms with Gasteiger partial charge in [0, 0.05) is 35.0 Å². The minimum absolute atomic E-state index is 0.0243. The summed E-state index contributed by atoms with van der Waals surface area (Å²) in [5.74, 6) is 0.421. The molecule has 28 heavy (non-hydrogen) atoms. The lowest BCUT2D eigenvalue weighted by atomic mass is 10.2. The number of carbonyl (C=O) groups excluding carboxylic acids is 1. The molecule has 0 N–H and O–H groups in total. The van der Waals surface area contributed by atoms with E-state index in [0.717, 1.165) is 11.4 Å². The molecule has 0 aliphatic rings. The van der Waals surface area contributed by atoms with Gasteiger partial charge in [0.1, 0.15) is 5.82 Å². The van der Waals surface area contributed by atoms with Crippen molar-refractivity contribution in [1.82, 2.24) is 24.1 Å². The van der Waals surface area contributed by atoms with Gasteiger partial charge in [-0.05, 0) is 50.6 Å². The van der Waals surface area contributed by atoms with Crippen LogP contribution in [0.1, 0.15) is 27.3 Å². The summed E-state index contributed by atoms with van der Waals surface area (Å²) in [5, 5.41) is 4.80. The molecule has 3 aromatic heterocycles. The number of thioether (sulfide) groups is 1. The number of hydrogen-bond donors (Lipinski definition) is 0. The van der Waals surface area contributed by atoms with Crippen LogP contribution >= 0.6 is 11.8 Å². The monoisotopic (exact) mass is 395 g/mol. The number of rotatable bonds is 5. The molecule has 0 saturated carbocycles. The third kappa shape index (κ3) is 3.31. The summed E-state index contributed by atoms with van der Waals surface area (Å²) in [7, 11) is 0. The van der Waals surface area contributed by atoms with Gasteiger partial charge in [0.15, 0.2) is 5.78 Å². The number of aromatic nitrogens is 5. The lowest BCUT2D eigenvalue weighted by Crippen LogP contribution is -2.06. The molecule has 0 aliphatic heterocycles. The van der Waals surface area contributed by atoms with Crippen LogP contribution in [-0.2, 0) is 0 Å². The standard InChI is InChI=1S/C20H18FN5OS/c1-12-5-6-15(10-17(12)21)26-13(2)9-16(14(26)3)18(27)11-28-20-23-19-22-7-4-8-25(19)24-20/h4-10H,11H2,1-3H3. The van der Waals surface area contributed by atoms with Crippen LogP contribution in [0.15, 0.2) is 47.9 Å². The number of halogens is 1. The highest BCUT2D eigenvalue weighted by Gasteiger charge is 2.18. The first-order valence-electron chi connectivity index (χ1n) is 8.73.